The van der Waals surface area contributed by atoms with Crippen molar-refractivity contribution in [2.45, 2.75) is 37.9 Å². The van der Waals surface area contributed by atoms with E-state index >= 15 is 0 Å². The van der Waals surface area contributed by atoms with Crippen LogP contribution < -0.4 is 0 Å². The van der Waals surface area contributed by atoms with Crippen LogP contribution in [0.4, 0.5) is 0 Å². The molecule has 7 nitrogen and oxygen atoms in total. The summed E-state index contributed by atoms with van der Waals surface area (Å²) in [5.74, 6) is -1.88. The number of hydrogen-bond donors (Lipinski definition) is 4. The Morgan fingerprint density at radius 1 is 1.21 bits per heavy atom. The molecule has 0 saturated heterocycles. The molecule has 1 unspecified atom stereocenters. The average molecular weight is 298 g/mol. The number of nitrogens with zero attached hydrogens (tertiary/aromatic N) is 1. The minimum absolute atomic E-state index is 0.178. The van der Waals surface area contributed by atoms with E-state index in [1.54, 1.807) is 0 Å². The summed E-state index contributed by atoms with van der Waals surface area (Å²) in [7, 11) is -1.43. The highest BCUT2D eigenvalue weighted by atomic mass is 31.2. The molecule has 114 valence electrons. The Morgan fingerprint density at radius 3 is 2.11 bits per heavy atom. The van der Waals surface area contributed by atoms with Crippen LogP contribution in [0.1, 0.15) is 32.6 Å². The van der Waals surface area contributed by atoms with Crippen molar-refractivity contribution in [3.63, 3.8) is 0 Å². The summed E-state index contributed by atoms with van der Waals surface area (Å²) >= 11 is 0. The Kier molecular flexibility index (Phi) is 6.65. The van der Waals surface area contributed by atoms with Crippen LogP contribution >= 0.6 is 7.60 Å². The molecule has 0 rings (SSSR count). The summed E-state index contributed by atoms with van der Waals surface area (Å²) in [5, 5.41) is 15.5. The van der Waals surface area contributed by atoms with Gasteiger partial charge in [0.25, 0.3) is 5.34 Å². The maximum Gasteiger partial charge on any atom is 0.368 e. The zero-order valence-corrected chi connectivity index (χ0v) is 12.6. The van der Waals surface area contributed by atoms with Crippen LogP contribution in [0.25, 0.3) is 0 Å². The largest absolute Gasteiger partial charge is 0.479 e. The first-order valence-electron chi connectivity index (χ1n) is 6.30. The van der Waals surface area contributed by atoms with Crippen molar-refractivity contribution in [2.75, 3.05) is 27.2 Å². The van der Waals surface area contributed by atoms with E-state index in [-0.39, 0.29) is 6.54 Å². The molecule has 19 heavy (non-hydrogen) atoms. The summed E-state index contributed by atoms with van der Waals surface area (Å²) in [5.41, 5.74) is 0. The summed E-state index contributed by atoms with van der Waals surface area (Å²) in [6.07, 6.45) is 2.57. The first-order valence-corrected chi connectivity index (χ1v) is 7.91. The molecule has 0 aromatic heterocycles. The van der Waals surface area contributed by atoms with Gasteiger partial charge in [0.05, 0.1) is 27.2 Å². The molecule has 0 heterocycles. The van der Waals surface area contributed by atoms with Gasteiger partial charge in [0, 0.05) is 6.42 Å². The van der Waals surface area contributed by atoms with Crippen LogP contribution in [0.2, 0.25) is 0 Å². The Balaban J connectivity index is 4.66. The normalized spacial score (nSPS) is 16.1. The van der Waals surface area contributed by atoms with Crippen LogP contribution in [0.3, 0.4) is 0 Å². The van der Waals surface area contributed by atoms with Crippen LogP contribution in [0.15, 0.2) is 0 Å². The molecule has 0 fully saturated rings. The fourth-order valence-corrected chi connectivity index (χ4v) is 2.38. The van der Waals surface area contributed by atoms with Crippen LogP contribution in [-0.2, 0) is 9.36 Å². The molecule has 0 spiro atoms. The lowest BCUT2D eigenvalue weighted by Crippen LogP contribution is -2.47. The predicted molar refractivity (Wildman–Crippen MR) is 70.6 cm³/mol. The minimum Gasteiger partial charge on any atom is -0.479 e. The molecule has 0 amide bonds. The van der Waals surface area contributed by atoms with Crippen molar-refractivity contribution in [1.82, 2.24) is 0 Å². The lowest BCUT2D eigenvalue weighted by molar-refractivity contribution is -0.891. The second kappa shape index (κ2) is 6.81. The quantitative estimate of drug-likeness (QED) is 0.281. The van der Waals surface area contributed by atoms with E-state index in [1.165, 1.54) is 0 Å². The van der Waals surface area contributed by atoms with Crippen LogP contribution in [0.5, 0.6) is 0 Å². The maximum absolute atomic E-state index is 11.1. The number of carbonyl (C=O) groups is 1. The number of aliphatic hydroxyl groups is 1. The van der Waals surface area contributed by atoms with Gasteiger partial charge in [0.1, 0.15) is 0 Å². The topological polar surface area (TPSA) is 115 Å². The smallest absolute Gasteiger partial charge is 0.368 e. The van der Waals surface area contributed by atoms with Gasteiger partial charge in [-0.15, -0.1) is 0 Å². The molecular weight excluding hydrogens is 273 g/mol. The van der Waals surface area contributed by atoms with Gasteiger partial charge in [0.15, 0.2) is 0 Å². The molecule has 0 aromatic carbocycles. The fourth-order valence-electron chi connectivity index (χ4n) is 1.74. The van der Waals surface area contributed by atoms with Crippen molar-refractivity contribution in [2.24, 2.45) is 0 Å². The van der Waals surface area contributed by atoms with E-state index in [1.807, 2.05) is 14.1 Å². The third-order valence-corrected chi connectivity index (χ3v) is 4.64. The third kappa shape index (κ3) is 5.58. The number of carboxylic acid groups (broad SMARTS) is 1. The molecule has 0 saturated carbocycles. The van der Waals surface area contributed by atoms with E-state index in [4.69, 9.17) is 14.9 Å². The molecule has 0 aliphatic heterocycles. The van der Waals surface area contributed by atoms with E-state index in [0.717, 1.165) is 25.8 Å². The molecule has 0 aliphatic rings. The van der Waals surface area contributed by atoms with Gasteiger partial charge in [-0.2, -0.15) is 0 Å². The highest BCUT2D eigenvalue weighted by molar-refractivity contribution is 7.54. The monoisotopic (exact) mass is 298 g/mol. The van der Waals surface area contributed by atoms with Gasteiger partial charge >= 0.3 is 13.6 Å². The summed E-state index contributed by atoms with van der Waals surface area (Å²) in [6, 6.07) is 0. The maximum atomic E-state index is 11.1. The van der Waals surface area contributed by atoms with Gasteiger partial charge in [-0.1, -0.05) is 13.3 Å². The standard InChI is InChI=1S/C11H24NO6P/c1-4-5-6-8-12(2,3)9-7-11(15,10(13)14)19(16,17)18/h15H,4-9H2,1-3H3,(H2-,13,14,16,17,18)/p+1. The minimum atomic E-state index is -5.12. The summed E-state index contributed by atoms with van der Waals surface area (Å²) in [4.78, 5) is 28.9. The molecular formula is C11H25NO6P+. The van der Waals surface area contributed by atoms with E-state index in [0.29, 0.717) is 4.48 Å². The SMILES string of the molecule is CCCCC[N+](C)(C)CCC(O)(C(=O)O)P(=O)(O)O. The van der Waals surface area contributed by atoms with Gasteiger partial charge in [-0.25, -0.2) is 4.79 Å². The second-order valence-electron chi connectivity index (χ2n) is 5.51. The summed E-state index contributed by atoms with van der Waals surface area (Å²) < 4.78 is 11.5. The molecule has 1 atom stereocenters. The van der Waals surface area contributed by atoms with E-state index in [9.17, 15) is 14.5 Å². The third-order valence-electron chi connectivity index (χ3n) is 3.26. The molecule has 0 radical (unpaired) electrons. The first kappa shape index (κ1) is 18.5. The van der Waals surface area contributed by atoms with Crippen LogP contribution in [0, 0.1) is 0 Å². The van der Waals surface area contributed by atoms with Crippen molar-refractivity contribution < 1.29 is 33.8 Å². The fraction of sp³-hybridized carbons (Fsp3) is 0.909. The molecule has 0 bridgehead atoms. The molecule has 4 N–H and O–H groups in total. The Morgan fingerprint density at radius 2 is 1.74 bits per heavy atom. The first-order chi connectivity index (χ1) is 8.46. The van der Waals surface area contributed by atoms with Crippen molar-refractivity contribution in [3.05, 3.63) is 0 Å². The van der Waals surface area contributed by atoms with Crippen LogP contribution in [-0.4, -0.2) is 63.0 Å². The number of quaternary nitrogens is 1. The lowest BCUT2D eigenvalue weighted by atomic mass is 10.2. The molecule has 0 aromatic rings. The zero-order valence-electron chi connectivity index (χ0n) is 11.7. The Hall–Kier alpha value is -0.460. The molecule has 8 heteroatoms. The highest BCUT2D eigenvalue weighted by Crippen LogP contribution is 2.51. The number of rotatable bonds is 9. The number of aliphatic carboxylic acids is 1. The number of hydrogen-bond acceptors (Lipinski definition) is 3. The predicted octanol–water partition coefficient (Wildman–Crippen LogP) is 0.594. The average Bonchev–Trinajstić information content (AvgIpc) is 2.24. The van der Waals surface area contributed by atoms with Gasteiger partial charge in [0.2, 0.25) is 0 Å². The van der Waals surface area contributed by atoms with Gasteiger partial charge in [-0.3, -0.25) is 4.57 Å². The van der Waals surface area contributed by atoms with Crippen molar-refractivity contribution in [3.8, 4) is 0 Å². The second-order valence-corrected chi connectivity index (χ2v) is 7.33. The lowest BCUT2D eigenvalue weighted by Gasteiger charge is -2.33. The van der Waals surface area contributed by atoms with Gasteiger partial charge < -0.3 is 24.5 Å². The zero-order chi connectivity index (χ0) is 15.3. The Bertz CT molecular complexity index is 353. The van der Waals surface area contributed by atoms with Crippen molar-refractivity contribution >= 4 is 13.6 Å². The van der Waals surface area contributed by atoms with E-state index in [2.05, 4.69) is 6.92 Å². The van der Waals surface area contributed by atoms with Crippen molar-refractivity contribution in [1.29, 1.82) is 0 Å². The number of carboxylic acids is 1. The molecule has 0 aliphatic carbocycles. The number of unbranched alkanes of at least 4 members (excludes halogenated alkanes) is 2. The Labute approximate surface area is 113 Å². The summed E-state index contributed by atoms with van der Waals surface area (Å²) in [6.45, 7) is 3.01. The van der Waals surface area contributed by atoms with Gasteiger partial charge in [-0.05, 0) is 12.8 Å². The van der Waals surface area contributed by atoms with E-state index < -0.39 is 25.3 Å². The highest BCUT2D eigenvalue weighted by Gasteiger charge is 2.53.